The quantitative estimate of drug-likeness (QED) is 0.802. The molecule has 2 rings (SSSR count). The standard InChI is InChI=1S/C16H25NO/c1-13(8-12-17)15-5-3-14(4-6-15)7-9-16(18-2)10-11-16/h3-6,13H,7-12,17H2,1-2H3. The molecule has 1 unspecified atom stereocenters. The zero-order valence-electron chi connectivity index (χ0n) is 11.6. The summed E-state index contributed by atoms with van der Waals surface area (Å²) in [6.07, 6.45) is 5.80. The van der Waals surface area contributed by atoms with Crippen LogP contribution in [0.5, 0.6) is 0 Å². The van der Waals surface area contributed by atoms with Gasteiger partial charge in [-0.2, -0.15) is 0 Å². The lowest BCUT2D eigenvalue weighted by atomic mass is 9.95. The lowest BCUT2D eigenvalue weighted by molar-refractivity contribution is 0.0731. The van der Waals surface area contributed by atoms with E-state index in [4.69, 9.17) is 10.5 Å². The molecule has 1 aromatic rings. The van der Waals surface area contributed by atoms with Crippen LogP contribution in [0.1, 0.15) is 49.7 Å². The van der Waals surface area contributed by atoms with Crippen molar-refractivity contribution in [1.82, 2.24) is 0 Å². The van der Waals surface area contributed by atoms with Crippen LogP contribution in [0.25, 0.3) is 0 Å². The van der Waals surface area contributed by atoms with E-state index < -0.39 is 0 Å². The molecule has 1 fully saturated rings. The average Bonchev–Trinajstić information content (AvgIpc) is 3.18. The Kier molecular flexibility index (Phi) is 4.41. The first-order valence-electron chi connectivity index (χ1n) is 7.03. The summed E-state index contributed by atoms with van der Waals surface area (Å²) >= 11 is 0. The van der Waals surface area contributed by atoms with Gasteiger partial charge in [-0.05, 0) is 55.7 Å². The van der Waals surface area contributed by atoms with Gasteiger partial charge in [0.15, 0.2) is 0 Å². The van der Waals surface area contributed by atoms with Crippen LogP contribution in [0.15, 0.2) is 24.3 Å². The Morgan fingerprint density at radius 3 is 2.44 bits per heavy atom. The molecule has 2 N–H and O–H groups in total. The Morgan fingerprint density at radius 2 is 1.94 bits per heavy atom. The summed E-state index contributed by atoms with van der Waals surface area (Å²) in [6.45, 7) is 3.01. The van der Waals surface area contributed by atoms with Crippen molar-refractivity contribution in [2.24, 2.45) is 5.73 Å². The summed E-state index contributed by atoms with van der Waals surface area (Å²) in [4.78, 5) is 0. The molecular weight excluding hydrogens is 222 g/mol. The van der Waals surface area contributed by atoms with Crippen molar-refractivity contribution in [3.63, 3.8) is 0 Å². The molecule has 1 aromatic carbocycles. The lowest BCUT2D eigenvalue weighted by Gasteiger charge is -2.14. The fourth-order valence-corrected chi connectivity index (χ4v) is 2.50. The minimum absolute atomic E-state index is 0.214. The fraction of sp³-hybridized carbons (Fsp3) is 0.625. The summed E-state index contributed by atoms with van der Waals surface area (Å²) in [7, 11) is 1.84. The second-order valence-corrected chi connectivity index (χ2v) is 5.61. The highest BCUT2D eigenvalue weighted by Gasteiger charge is 2.42. The van der Waals surface area contributed by atoms with Gasteiger partial charge in [-0.15, -0.1) is 0 Å². The van der Waals surface area contributed by atoms with E-state index >= 15 is 0 Å². The van der Waals surface area contributed by atoms with Crippen molar-refractivity contribution in [3.05, 3.63) is 35.4 Å². The van der Waals surface area contributed by atoms with E-state index in [1.54, 1.807) is 0 Å². The van der Waals surface area contributed by atoms with Gasteiger partial charge >= 0.3 is 0 Å². The normalized spacial score (nSPS) is 18.6. The first kappa shape index (κ1) is 13.6. The number of rotatable bonds is 7. The van der Waals surface area contributed by atoms with E-state index in [-0.39, 0.29) is 5.60 Å². The maximum atomic E-state index is 5.60. The number of ether oxygens (including phenoxy) is 1. The number of hydrogen-bond acceptors (Lipinski definition) is 2. The molecule has 0 heterocycles. The van der Waals surface area contributed by atoms with Crippen LogP contribution in [0, 0.1) is 0 Å². The number of methoxy groups -OCH3 is 1. The zero-order chi connectivity index (χ0) is 13.0. The van der Waals surface area contributed by atoms with Crippen LogP contribution in [0.3, 0.4) is 0 Å². The second kappa shape index (κ2) is 5.85. The van der Waals surface area contributed by atoms with Gasteiger partial charge < -0.3 is 10.5 Å². The van der Waals surface area contributed by atoms with Crippen LogP contribution >= 0.6 is 0 Å². The van der Waals surface area contributed by atoms with Crippen molar-refractivity contribution in [2.45, 2.75) is 50.5 Å². The maximum absolute atomic E-state index is 5.60. The van der Waals surface area contributed by atoms with Crippen molar-refractivity contribution in [2.75, 3.05) is 13.7 Å². The van der Waals surface area contributed by atoms with E-state index in [0.717, 1.165) is 25.8 Å². The third-order valence-electron chi connectivity index (χ3n) is 4.26. The Labute approximate surface area is 111 Å². The molecule has 100 valence electrons. The molecule has 18 heavy (non-hydrogen) atoms. The van der Waals surface area contributed by atoms with Gasteiger partial charge in [0.05, 0.1) is 5.60 Å². The topological polar surface area (TPSA) is 35.2 Å². The minimum Gasteiger partial charge on any atom is -0.378 e. The lowest BCUT2D eigenvalue weighted by Crippen LogP contribution is -2.12. The van der Waals surface area contributed by atoms with Crippen LogP contribution in [-0.4, -0.2) is 19.3 Å². The number of hydrogen-bond donors (Lipinski definition) is 1. The molecule has 1 aliphatic carbocycles. The fourth-order valence-electron chi connectivity index (χ4n) is 2.50. The summed E-state index contributed by atoms with van der Waals surface area (Å²) in [6, 6.07) is 9.02. The van der Waals surface area contributed by atoms with Gasteiger partial charge in [-0.3, -0.25) is 0 Å². The van der Waals surface area contributed by atoms with Crippen molar-refractivity contribution in [3.8, 4) is 0 Å². The van der Waals surface area contributed by atoms with Gasteiger partial charge in [-0.1, -0.05) is 31.2 Å². The predicted molar refractivity (Wildman–Crippen MR) is 75.8 cm³/mol. The average molecular weight is 247 g/mol. The summed E-state index contributed by atoms with van der Waals surface area (Å²) in [5.41, 5.74) is 8.63. The van der Waals surface area contributed by atoms with E-state index in [1.165, 1.54) is 24.0 Å². The molecule has 0 aromatic heterocycles. The van der Waals surface area contributed by atoms with E-state index in [9.17, 15) is 0 Å². The van der Waals surface area contributed by atoms with Crippen LogP contribution in [0.4, 0.5) is 0 Å². The largest absolute Gasteiger partial charge is 0.378 e. The molecule has 0 bridgehead atoms. The van der Waals surface area contributed by atoms with E-state index in [1.807, 2.05) is 7.11 Å². The molecule has 2 heteroatoms. The molecular formula is C16H25NO. The Hall–Kier alpha value is -0.860. The summed E-state index contributed by atoms with van der Waals surface area (Å²) in [5, 5.41) is 0. The van der Waals surface area contributed by atoms with Crippen molar-refractivity contribution >= 4 is 0 Å². The molecule has 1 atom stereocenters. The molecule has 0 radical (unpaired) electrons. The van der Waals surface area contributed by atoms with Crippen LogP contribution < -0.4 is 5.73 Å². The molecule has 0 amide bonds. The van der Waals surface area contributed by atoms with Gasteiger partial charge in [0.1, 0.15) is 0 Å². The number of benzene rings is 1. The highest BCUT2D eigenvalue weighted by molar-refractivity contribution is 5.25. The Balaban J connectivity index is 1.87. The minimum atomic E-state index is 0.214. The maximum Gasteiger partial charge on any atom is 0.0684 e. The molecule has 0 spiro atoms. The smallest absolute Gasteiger partial charge is 0.0684 e. The van der Waals surface area contributed by atoms with Gasteiger partial charge in [0, 0.05) is 7.11 Å². The molecule has 2 nitrogen and oxygen atoms in total. The highest BCUT2D eigenvalue weighted by Crippen LogP contribution is 2.42. The monoisotopic (exact) mass is 247 g/mol. The second-order valence-electron chi connectivity index (χ2n) is 5.61. The molecule has 0 saturated heterocycles. The summed E-state index contributed by atoms with van der Waals surface area (Å²) < 4.78 is 5.55. The van der Waals surface area contributed by atoms with Crippen molar-refractivity contribution in [1.29, 1.82) is 0 Å². The van der Waals surface area contributed by atoms with Crippen LogP contribution in [-0.2, 0) is 11.2 Å². The SMILES string of the molecule is COC1(CCc2ccc(C(C)CCN)cc2)CC1. The van der Waals surface area contributed by atoms with E-state index in [0.29, 0.717) is 5.92 Å². The third kappa shape index (κ3) is 3.33. The Morgan fingerprint density at radius 1 is 1.28 bits per heavy atom. The van der Waals surface area contributed by atoms with Crippen molar-refractivity contribution < 1.29 is 4.74 Å². The van der Waals surface area contributed by atoms with Gasteiger partial charge in [0.2, 0.25) is 0 Å². The predicted octanol–water partition coefficient (Wildman–Crippen LogP) is 3.25. The molecule has 1 aliphatic rings. The first-order chi connectivity index (χ1) is 8.69. The third-order valence-corrected chi connectivity index (χ3v) is 4.26. The molecule has 1 saturated carbocycles. The first-order valence-corrected chi connectivity index (χ1v) is 7.03. The Bertz CT molecular complexity index is 367. The zero-order valence-corrected chi connectivity index (χ0v) is 11.6. The van der Waals surface area contributed by atoms with Crippen LogP contribution in [0.2, 0.25) is 0 Å². The van der Waals surface area contributed by atoms with E-state index in [2.05, 4.69) is 31.2 Å². The van der Waals surface area contributed by atoms with Gasteiger partial charge in [-0.25, -0.2) is 0 Å². The number of aryl methyl sites for hydroxylation is 1. The van der Waals surface area contributed by atoms with Gasteiger partial charge in [0.25, 0.3) is 0 Å². The summed E-state index contributed by atoms with van der Waals surface area (Å²) in [5.74, 6) is 0.567. The number of nitrogens with two attached hydrogens (primary N) is 1. The molecule has 0 aliphatic heterocycles. The highest BCUT2D eigenvalue weighted by atomic mass is 16.5.